The largest absolute Gasteiger partial charge is 0.508 e. The number of amides is 1. The number of primary amides is 1. The number of aliphatic hydroxyl groups excluding tert-OH is 2. The SMILES string of the molecule is COC(=O)CCC(=O)O[C@H]1[C@H]2C(=C(O)c3c(ccc(CN4CCC(C(F)(F)F)CC4)c3O)[C@@H]2C)C(=O)[C@]2(O)C(O)=C(C(N)=O)C(=O)[C@@H](N(C)C)[C@H]12. The molecule has 0 spiro atoms. The van der Waals surface area contributed by atoms with Gasteiger partial charge in [-0.2, -0.15) is 13.2 Å². The Morgan fingerprint density at radius 1 is 1.06 bits per heavy atom. The van der Waals surface area contributed by atoms with E-state index in [1.54, 1.807) is 17.9 Å². The van der Waals surface area contributed by atoms with Crippen LogP contribution >= 0.6 is 0 Å². The summed E-state index contributed by atoms with van der Waals surface area (Å²) < 4.78 is 50.1. The van der Waals surface area contributed by atoms with Crippen LogP contribution in [-0.4, -0.2) is 118 Å². The number of benzene rings is 1. The lowest BCUT2D eigenvalue weighted by Gasteiger charge is -2.54. The summed E-state index contributed by atoms with van der Waals surface area (Å²) in [5.41, 5.74) is 0.871. The number of phenols is 1. The van der Waals surface area contributed by atoms with Gasteiger partial charge in [-0.15, -0.1) is 0 Å². The zero-order chi connectivity index (χ0) is 37.9. The average Bonchev–Trinajstić information content (AvgIpc) is 3.05. The third-order valence-electron chi connectivity index (χ3n) is 10.7. The van der Waals surface area contributed by atoms with Crippen LogP contribution in [0.2, 0.25) is 0 Å². The predicted molar refractivity (Wildman–Crippen MR) is 170 cm³/mol. The molecular formula is C34H40F3N3O11. The summed E-state index contributed by atoms with van der Waals surface area (Å²) in [6, 6.07) is 1.49. The van der Waals surface area contributed by atoms with Gasteiger partial charge in [0.25, 0.3) is 5.91 Å². The van der Waals surface area contributed by atoms with Gasteiger partial charge in [-0.3, -0.25) is 33.8 Å². The lowest BCUT2D eigenvalue weighted by Crippen LogP contribution is -2.71. The Labute approximate surface area is 290 Å². The van der Waals surface area contributed by atoms with Crippen LogP contribution in [0.4, 0.5) is 13.2 Å². The number of likely N-dealkylation sites (tertiary alicyclic amines) is 1. The molecule has 17 heteroatoms. The van der Waals surface area contributed by atoms with Crippen molar-refractivity contribution in [1.82, 2.24) is 9.80 Å². The Kier molecular flexibility index (Phi) is 10.1. The Hall–Kier alpha value is -4.48. The zero-order valence-corrected chi connectivity index (χ0v) is 28.3. The second kappa shape index (κ2) is 13.6. The number of nitrogens with two attached hydrogens (primary N) is 1. The van der Waals surface area contributed by atoms with E-state index in [0.29, 0.717) is 0 Å². The first-order chi connectivity index (χ1) is 23.8. The van der Waals surface area contributed by atoms with Crippen LogP contribution in [0.3, 0.4) is 0 Å². The number of hydrogen-bond donors (Lipinski definition) is 5. The van der Waals surface area contributed by atoms with E-state index in [0.717, 1.165) is 7.11 Å². The molecule has 1 aliphatic heterocycles. The van der Waals surface area contributed by atoms with Crippen LogP contribution in [0.15, 0.2) is 29.0 Å². The van der Waals surface area contributed by atoms with Gasteiger partial charge in [0.2, 0.25) is 5.78 Å². The molecule has 1 aromatic rings. The summed E-state index contributed by atoms with van der Waals surface area (Å²) in [6.07, 6.45) is -7.21. The van der Waals surface area contributed by atoms with Gasteiger partial charge in [0, 0.05) is 23.6 Å². The predicted octanol–water partition coefficient (Wildman–Crippen LogP) is 1.77. The van der Waals surface area contributed by atoms with E-state index < -0.39 is 118 Å². The van der Waals surface area contributed by atoms with Crippen LogP contribution in [0, 0.1) is 17.8 Å². The van der Waals surface area contributed by atoms with Gasteiger partial charge in [0.1, 0.15) is 28.9 Å². The number of aromatic hydroxyl groups is 1. The summed E-state index contributed by atoms with van der Waals surface area (Å²) >= 11 is 0. The first-order valence-corrected chi connectivity index (χ1v) is 16.3. The van der Waals surface area contributed by atoms with E-state index in [-0.39, 0.29) is 49.2 Å². The minimum atomic E-state index is -4.33. The number of methoxy groups -OCH3 is 1. The van der Waals surface area contributed by atoms with E-state index >= 15 is 0 Å². The molecule has 1 aromatic carbocycles. The van der Waals surface area contributed by atoms with E-state index in [1.165, 1.54) is 25.1 Å². The van der Waals surface area contributed by atoms with Gasteiger partial charge in [-0.05, 0) is 51.5 Å². The van der Waals surface area contributed by atoms with Crippen molar-refractivity contribution in [2.45, 2.75) is 69.0 Å². The lowest BCUT2D eigenvalue weighted by atomic mass is 9.54. The number of carbonyl (C=O) groups excluding carboxylic acids is 5. The summed E-state index contributed by atoms with van der Waals surface area (Å²) in [5.74, 6) is -13.8. The fourth-order valence-electron chi connectivity index (χ4n) is 8.08. The molecular weight excluding hydrogens is 683 g/mol. The molecule has 2 fully saturated rings. The Morgan fingerprint density at radius 2 is 1.67 bits per heavy atom. The third kappa shape index (κ3) is 6.24. The summed E-state index contributed by atoms with van der Waals surface area (Å²) in [6.45, 7) is 1.76. The number of likely N-dealkylation sites (N-methyl/N-ethyl adjacent to an activating group) is 1. The molecule has 0 unspecified atom stereocenters. The minimum Gasteiger partial charge on any atom is -0.508 e. The number of ether oxygens (including phenoxy) is 2. The first-order valence-electron chi connectivity index (χ1n) is 16.3. The molecule has 0 aromatic heterocycles. The van der Waals surface area contributed by atoms with Crippen LogP contribution in [0.5, 0.6) is 5.75 Å². The number of fused-ring (bicyclic) bond motifs is 3. The van der Waals surface area contributed by atoms with Gasteiger partial charge < -0.3 is 35.6 Å². The highest BCUT2D eigenvalue weighted by Crippen LogP contribution is 2.57. The average molecular weight is 724 g/mol. The van der Waals surface area contributed by atoms with Crippen molar-refractivity contribution in [2.75, 3.05) is 34.3 Å². The van der Waals surface area contributed by atoms with Crippen molar-refractivity contribution in [3.8, 4) is 5.75 Å². The monoisotopic (exact) mass is 723 g/mol. The van der Waals surface area contributed by atoms with Gasteiger partial charge in [0.15, 0.2) is 11.4 Å². The second-order valence-corrected chi connectivity index (χ2v) is 13.7. The minimum absolute atomic E-state index is 0.00261. The molecule has 14 nitrogen and oxygen atoms in total. The quantitative estimate of drug-likeness (QED) is 0.191. The topological polar surface area (TPSA) is 217 Å². The molecule has 51 heavy (non-hydrogen) atoms. The van der Waals surface area contributed by atoms with Gasteiger partial charge in [-0.1, -0.05) is 19.1 Å². The number of nitrogens with zero attached hydrogens (tertiary/aromatic N) is 2. The molecule has 6 N–H and O–H groups in total. The Balaban J connectivity index is 1.65. The van der Waals surface area contributed by atoms with Crippen molar-refractivity contribution in [3.63, 3.8) is 0 Å². The van der Waals surface area contributed by atoms with Crippen molar-refractivity contribution in [3.05, 3.63) is 45.7 Å². The number of rotatable bonds is 8. The van der Waals surface area contributed by atoms with Gasteiger partial charge in [0.05, 0.1) is 43.4 Å². The van der Waals surface area contributed by atoms with Crippen molar-refractivity contribution < 1.29 is 67.0 Å². The van der Waals surface area contributed by atoms with E-state index in [4.69, 9.17) is 10.5 Å². The molecule has 278 valence electrons. The van der Waals surface area contributed by atoms with Crippen molar-refractivity contribution in [1.29, 1.82) is 0 Å². The molecule has 6 atom stereocenters. The number of alkyl halides is 3. The highest BCUT2D eigenvalue weighted by molar-refractivity contribution is 6.24. The van der Waals surface area contributed by atoms with E-state index in [2.05, 4.69) is 4.74 Å². The Bertz CT molecular complexity index is 1730. The summed E-state index contributed by atoms with van der Waals surface area (Å²) in [5, 5.41) is 46.9. The maximum absolute atomic E-state index is 14.5. The molecule has 1 heterocycles. The molecule has 5 rings (SSSR count). The number of ketones is 2. The van der Waals surface area contributed by atoms with Gasteiger partial charge in [-0.25, -0.2) is 0 Å². The molecule has 1 saturated heterocycles. The first kappa shape index (κ1) is 37.8. The fraction of sp³-hybridized carbons (Fsp3) is 0.559. The van der Waals surface area contributed by atoms with E-state index in [9.17, 15) is 57.6 Å². The lowest BCUT2D eigenvalue weighted by molar-refractivity contribution is -0.185. The highest BCUT2D eigenvalue weighted by Gasteiger charge is 2.69. The number of phenolic OH excluding ortho intramolecular Hbond substituents is 1. The van der Waals surface area contributed by atoms with Crippen LogP contribution < -0.4 is 5.73 Å². The number of carbonyl (C=O) groups is 5. The highest BCUT2D eigenvalue weighted by atomic mass is 19.4. The number of hydrogen-bond acceptors (Lipinski definition) is 13. The fourth-order valence-corrected chi connectivity index (χ4v) is 8.08. The van der Waals surface area contributed by atoms with Crippen LogP contribution in [0.25, 0.3) is 5.76 Å². The third-order valence-corrected chi connectivity index (χ3v) is 10.7. The number of halogens is 3. The molecule has 0 bridgehead atoms. The number of Topliss-reactive ketones (excluding diaryl/α,β-unsaturated/α-hetero) is 2. The Morgan fingerprint density at radius 3 is 2.22 bits per heavy atom. The maximum Gasteiger partial charge on any atom is 0.391 e. The summed E-state index contributed by atoms with van der Waals surface area (Å²) in [7, 11) is 3.88. The maximum atomic E-state index is 14.5. The number of esters is 2. The number of piperidine rings is 1. The molecule has 3 aliphatic carbocycles. The zero-order valence-electron chi connectivity index (χ0n) is 28.3. The van der Waals surface area contributed by atoms with Crippen molar-refractivity contribution in [2.24, 2.45) is 23.5 Å². The van der Waals surface area contributed by atoms with Crippen LogP contribution in [-0.2, 0) is 40.0 Å². The molecule has 4 aliphatic rings. The smallest absolute Gasteiger partial charge is 0.391 e. The van der Waals surface area contributed by atoms with Crippen LogP contribution in [0.1, 0.15) is 55.2 Å². The molecule has 1 saturated carbocycles. The normalized spacial score (nSPS) is 28.7. The number of aliphatic hydroxyl groups is 3. The standard InChI is InChI=1S/C34H40F3N3O11/c1-14-17-6-5-15(13-40-11-9-16(10-12-40)34(35,36)37)26(43)21(17)27(44)22-20(14)29(51-19(42)8-7-18(41)50-4)24-25(39(2)3)28(45)23(32(38)48)31(47)33(24,49)30(22)46/h5-6,14,16,20,24-25,29,43-44,47,49H,7-13H2,1-4H3,(H2,38,48)/t14-,20+,24+,25-,29-,33-/m0/s1. The molecule has 0 radical (unpaired) electrons. The summed E-state index contributed by atoms with van der Waals surface area (Å²) in [4.78, 5) is 68.6. The van der Waals surface area contributed by atoms with Gasteiger partial charge >= 0.3 is 18.1 Å². The van der Waals surface area contributed by atoms with Crippen molar-refractivity contribution >= 4 is 35.2 Å². The second-order valence-electron chi connectivity index (χ2n) is 13.7. The molecule has 1 amide bonds. The van der Waals surface area contributed by atoms with E-state index in [1.807, 2.05) is 0 Å².